The summed E-state index contributed by atoms with van der Waals surface area (Å²) in [4.78, 5) is 4.90. The monoisotopic (exact) mass is 458 g/mol. The first kappa shape index (κ1) is 22.3. The number of hydrogen-bond acceptors (Lipinski definition) is 4. The van der Waals surface area contributed by atoms with Crippen molar-refractivity contribution in [3.8, 4) is 23.1 Å². The molecule has 8 heteroatoms. The molecule has 0 aliphatic carbocycles. The zero-order chi connectivity index (χ0) is 24.0. The molecule has 0 radical (unpaired) electrons. The van der Waals surface area contributed by atoms with E-state index in [-0.39, 0.29) is 11.2 Å². The lowest BCUT2D eigenvalue weighted by Crippen LogP contribution is -2.45. The van der Waals surface area contributed by atoms with Crippen molar-refractivity contribution in [2.24, 2.45) is 7.05 Å². The number of likely N-dealkylation sites (tertiary alicyclic amines) is 1. The van der Waals surface area contributed by atoms with Gasteiger partial charge in [-0.1, -0.05) is 0 Å². The molecule has 5 rings (SSSR count). The number of nitriles is 1. The van der Waals surface area contributed by atoms with Crippen LogP contribution in [0, 0.1) is 36.2 Å². The molecule has 0 atom stereocenters. The first-order valence-corrected chi connectivity index (χ1v) is 11.6. The Kier molecular flexibility index (Phi) is 5.47. The van der Waals surface area contributed by atoms with E-state index in [4.69, 9.17) is 4.98 Å². The van der Waals surface area contributed by atoms with Gasteiger partial charge in [0.05, 0.1) is 35.9 Å². The number of benzene rings is 2. The topological polar surface area (TPSA) is 82.5 Å². The van der Waals surface area contributed by atoms with Crippen LogP contribution in [0.3, 0.4) is 0 Å². The van der Waals surface area contributed by atoms with E-state index in [2.05, 4.69) is 11.2 Å². The van der Waals surface area contributed by atoms with Crippen LogP contribution in [0.1, 0.15) is 41.8 Å². The molecule has 0 amide bonds. The van der Waals surface area contributed by atoms with E-state index < -0.39 is 5.82 Å². The molecular weight excluding hydrogens is 431 g/mol. The Morgan fingerprint density at radius 2 is 1.91 bits per heavy atom. The maximum atomic E-state index is 15.4. The Hall–Kier alpha value is -3.54. The second-order valence-electron chi connectivity index (χ2n) is 9.33. The molecule has 1 fully saturated rings. The lowest BCUT2D eigenvalue weighted by atomic mass is 10.1. The Bertz CT molecular complexity index is 1440. The Labute approximate surface area is 197 Å². The molecule has 0 bridgehead atoms. The Morgan fingerprint density at radius 3 is 2.62 bits per heavy atom. The summed E-state index contributed by atoms with van der Waals surface area (Å²) in [6.07, 6.45) is 4.76. The first-order chi connectivity index (χ1) is 16.3. The van der Waals surface area contributed by atoms with Crippen molar-refractivity contribution in [3.05, 3.63) is 70.1 Å². The van der Waals surface area contributed by atoms with Crippen LogP contribution in [0.4, 0.5) is 4.39 Å². The molecule has 2 aromatic heterocycles. The van der Waals surface area contributed by atoms with E-state index in [9.17, 15) is 10.5 Å². The summed E-state index contributed by atoms with van der Waals surface area (Å²) in [5, 5.41) is 27.9. The average molecular weight is 459 g/mol. The van der Waals surface area contributed by atoms with Gasteiger partial charge in [-0.15, -0.1) is 0 Å². The summed E-state index contributed by atoms with van der Waals surface area (Å²) in [6.45, 7) is 5.18. The highest BCUT2D eigenvalue weighted by Gasteiger charge is 2.27. The molecule has 1 saturated heterocycles. The molecule has 2 aromatic carbocycles. The smallest absolute Gasteiger partial charge is 0.149 e. The molecule has 7 nitrogen and oxygen atoms in total. The lowest BCUT2D eigenvalue weighted by Gasteiger charge is -2.45. The molecule has 0 N–H and O–H groups in total. The van der Waals surface area contributed by atoms with E-state index in [1.807, 2.05) is 32.2 Å². The minimum absolute atomic E-state index is 0.262. The number of rotatable bonds is 4. The van der Waals surface area contributed by atoms with Crippen molar-refractivity contribution in [1.82, 2.24) is 19.3 Å². The normalized spacial score (nSPS) is 15.5. The van der Waals surface area contributed by atoms with E-state index in [0.29, 0.717) is 41.4 Å². The minimum atomic E-state index is -0.408. The van der Waals surface area contributed by atoms with Crippen molar-refractivity contribution >= 4 is 10.9 Å². The number of imidazole rings is 1. The Morgan fingerprint density at radius 1 is 1.15 bits per heavy atom. The molecule has 1 aliphatic rings. The predicted molar refractivity (Wildman–Crippen MR) is 128 cm³/mol. The number of quaternary nitrogens is 1. The predicted octanol–water partition coefficient (Wildman–Crippen LogP) is 5.05. The average Bonchev–Trinajstić information content (AvgIpc) is 3.31. The van der Waals surface area contributed by atoms with Crippen LogP contribution in [0.2, 0.25) is 0 Å². The minimum Gasteiger partial charge on any atom is -0.633 e. The number of aromatic nitrogens is 4. The largest absolute Gasteiger partial charge is 0.633 e. The van der Waals surface area contributed by atoms with E-state index >= 15 is 4.39 Å². The second-order valence-corrected chi connectivity index (χ2v) is 9.33. The number of hydroxylamine groups is 3. The van der Waals surface area contributed by atoms with Crippen molar-refractivity contribution in [3.63, 3.8) is 0 Å². The summed E-state index contributed by atoms with van der Waals surface area (Å²) in [6, 6.07) is 10.9. The third-order valence-electron chi connectivity index (χ3n) is 6.81. The van der Waals surface area contributed by atoms with Crippen molar-refractivity contribution in [2.45, 2.75) is 39.7 Å². The molecule has 0 saturated carbocycles. The van der Waals surface area contributed by atoms with Gasteiger partial charge in [-0.2, -0.15) is 10.4 Å². The van der Waals surface area contributed by atoms with Crippen molar-refractivity contribution in [1.29, 1.82) is 5.26 Å². The van der Waals surface area contributed by atoms with Gasteiger partial charge < -0.3 is 9.85 Å². The van der Waals surface area contributed by atoms with Crippen LogP contribution in [-0.2, 0) is 13.6 Å². The number of nitrogens with zero attached hydrogens (tertiary/aromatic N) is 6. The van der Waals surface area contributed by atoms with E-state index in [1.54, 1.807) is 28.4 Å². The van der Waals surface area contributed by atoms with Crippen LogP contribution in [0.5, 0.6) is 0 Å². The highest BCUT2D eigenvalue weighted by atomic mass is 19.1. The van der Waals surface area contributed by atoms with Crippen LogP contribution >= 0.6 is 0 Å². The molecule has 174 valence electrons. The molecule has 3 heterocycles. The second kappa shape index (κ2) is 8.35. The quantitative estimate of drug-likeness (QED) is 0.316. The fourth-order valence-corrected chi connectivity index (χ4v) is 4.96. The number of fused-ring (bicyclic) bond motifs is 1. The van der Waals surface area contributed by atoms with Gasteiger partial charge in [-0.3, -0.25) is 9.25 Å². The van der Waals surface area contributed by atoms with Gasteiger partial charge in [0.1, 0.15) is 23.9 Å². The fraction of sp³-hybridized carbons (Fsp3) is 0.346. The van der Waals surface area contributed by atoms with Gasteiger partial charge in [-0.25, -0.2) is 9.37 Å². The molecule has 1 aliphatic heterocycles. The van der Waals surface area contributed by atoms with Crippen LogP contribution in [0.15, 0.2) is 36.5 Å². The third kappa shape index (κ3) is 3.87. The van der Waals surface area contributed by atoms with Gasteiger partial charge in [0.15, 0.2) is 0 Å². The molecule has 34 heavy (non-hydrogen) atoms. The zero-order valence-electron chi connectivity index (χ0n) is 19.7. The molecule has 4 aromatic rings. The van der Waals surface area contributed by atoms with Gasteiger partial charge >= 0.3 is 0 Å². The first-order valence-electron chi connectivity index (χ1n) is 11.6. The number of halogens is 1. The van der Waals surface area contributed by atoms with E-state index in [1.165, 1.54) is 6.07 Å². The van der Waals surface area contributed by atoms with Gasteiger partial charge in [0.25, 0.3) is 0 Å². The number of hydrogen-bond donors (Lipinski definition) is 0. The maximum Gasteiger partial charge on any atom is 0.149 e. The lowest BCUT2D eigenvalue weighted by molar-refractivity contribution is -0.898. The molecule has 0 spiro atoms. The van der Waals surface area contributed by atoms with Crippen molar-refractivity contribution in [2.75, 3.05) is 13.1 Å². The standard InChI is InChI=1S/C26H27FN6O/c1-17-11-19(7-8-20(17)14-28)26-29-24(16-33(34)9-5-4-6-10-33)18(2)32(26)25-12-21-15-31(3)30-23(21)13-22(25)27/h7-8,11-13,15H,4-6,9-10,16H2,1-3H3. The summed E-state index contributed by atoms with van der Waals surface area (Å²) in [7, 11) is 1.80. The zero-order valence-corrected chi connectivity index (χ0v) is 19.7. The summed E-state index contributed by atoms with van der Waals surface area (Å²) in [5.74, 6) is 0.152. The summed E-state index contributed by atoms with van der Waals surface area (Å²) in [5.41, 5.74) is 4.55. The number of piperidine rings is 1. The summed E-state index contributed by atoms with van der Waals surface area (Å²) < 4.78 is 18.6. The highest BCUT2D eigenvalue weighted by Crippen LogP contribution is 2.32. The molecule has 0 unspecified atom stereocenters. The van der Waals surface area contributed by atoms with Gasteiger partial charge in [0.2, 0.25) is 0 Å². The number of aryl methyl sites for hydroxylation is 2. The highest BCUT2D eigenvalue weighted by molar-refractivity contribution is 5.81. The Balaban J connectivity index is 1.71. The SMILES string of the molecule is Cc1cc(-c2nc(C[N+]3([O-])CCCCC3)c(C)n2-c2cc3cn(C)nc3cc2F)ccc1C#N. The van der Waals surface area contributed by atoms with Crippen LogP contribution in [-0.4, -0.2) is 37.1 Å². The third-order valence-corrected chi connectivity index (χ3v) is 6.81. The van der Waals surface area contributed by atoms with E-state index in [0.717, 1.165) is 41.5 Å². The van der Waals surface area contributed by atoms with Crippen LogP contribution < -0.4 is 0 Å². The van der Waals surface area contributed by atoms with Crippen LogP contribution in [0.25, 0.3) is 28.0 Å². The van der Waals surface area contributed by atoms with Gasteiger partial charge in [0, 0.05) is 36.0 Å². The fourth-order valence-electron chi connectivity index (χ4n) is 4.96. The maximum absolute atomic E-state index is 15.4. The molecular formula is C26H27FN6O. The van der Waals surface area contributed by atoms with Crippen molar-refractivity contribution < 1.29 is 9.04 Å². The van der Waals surface area contributed by atoms with Gasteiger partial charge in [-0.05, 0) is 62.9 Å². The summed E-state index contributed by atoms with van der Waals surface area (Å²) >= 11 is 0.